The standard InChI is InChI=1S/C22H23FN2O4/c1-22(16-6-5-14-3-2-4-15(14)11-16)20(27)25(21(28)24-22)12-18(26)13-29-19-9-7-17(23)8-10-19/h5-11,18,26H,2-4,12-13H2,1H3,(H,24,28)/t18-,22-/m1/s1. The minimum absolute atomic E-state index is 0.127. The molecule has 0 aromatic heterocycles. The van der Waals surface area contributed by atoms with E-state index in [1.165, 1.54) is 35.4 Å². The van der Waals surface area contributed by atoms with Gasteiger partial charge in [0.15, 0.2) is 0 Å². The van der Waals surface area contributed by atoms with E-state index in [1.54, 1.807) is 6.92 Å². The molecule has 1 heterocycles. The second kappa shape index (κ2) is 7.48. The van der Waals surface area contributed by atoms with E-state index in [2.05, 4.69) is 5.32 Å². The predicted octanol–water partition coefficient (Wildman–Crippen LogP) is 2.52. The van der Waals surface area contributed by atoms with Crippen LogP contribution in [0.4, 0.5) is 9.18 Å². The molecule has 1 aliphatic carbocycles. The smallest absolute Gasteiger partial charge is 0.325 e. The Labute approximate surface area is 168 Å². The monoisotopic (exact) mass is 398 g/mol. The number of ether oxygens (including phenoxy) is 1. The molecule has 2 aliphatic rings. The van der Waals surface area contributed by atoms with Gasteiger partial charge in [0.25, 0.3) is 5.91 Å². The van der Waals surface area contributed by atoms with Gasteiger partial charge in [-0.15, -0.1) is 0 Å². The number of carbonyl (C=O) groups excluding carboxylic acids is 2. The Morgan fingerprint density at radius 1 is 1.17 bits per heavy atom. The molecule has 2 aromatic rings. The third-order valence-electron chi connectivity index (χ3n) is 5.60. The molecule has 0 spiro atoms. The Balaban J connectivity index is 1.43. The van der Waals surface area contributed by atoms with Gasteiger partial charge in [0.05, 0.1) is 6.54 Å². The second-order valence-corrected chi connectivity index (χ2v) is 7.73. The van der Waals surface area contributed by atoms with E-state index in [4.69, 9.17) is 4.74 Å². The molecule has 7 heteroatoms. The highest BCUT2D eigenvalue weighted by molar-refractivity contribution is 6.07. The van der Waals surface area contributed by atoms with Crippen LogP contribution in [0.1, 0.15) is 30.0 Å². The molecule has 4 rings (SSSR count). The highest BCUT2D eigenvalue weighted by Crippen LogP contribution is 2.32. The van der Waals surface area contributed by atoms with Crippen LogP contribution in [0.5, 0.6) is 5.75 Å². The van der Waals surface area contributed by atoms with Crippen LogP contribution >= 0.6 is 0 Å². The lowest BCUT2D eigenvalue weighted by atomic mass is 9.89. The molecule has 2 N–H and O–H groups in total. The first kappa shape index (κ1) is 19.4. The maximum Gasteiger partial charge on any atom is 0.325 e. The molecule has 2 atom stereocenters. The van der Waals surface area contributed by atoms with Crippen molar-refractivity contribution in [3.05, 3.63) is 65.0 Å². The van der Waals surface area contributed by atoms with Gasteiger partial charge in [-0.3, -0.25) is 9.69 Å². The number of amides is 3. The summed E-state index contributed by atoms with van der Waals surface area (Å²) in [6.45, 7) is 1.37. The van der Waals surface area contributed by atoms with Crippen molar-refractivity contribution in [2.45, 2.75) is 37.8 Å². The van der Waals surface area contributed by atoms with Gasteiger partial charge in [0, 0.05) is 0 Å². The number of halogens is 1. The minimum atomic E-state index is -1.16. The van der Waals surface area contributed by atoms with Gasteiger partial charge in [0.2, 0.25) is 0 Å². The van der Waals surface area contributed by atoms with Crippen LogP contribution in [0.3, 0.4) is 0 Å². The van der Waals surface area contributed by atoms with Crippen molar-refractivity contribution >= 4 is 11.9 Å². The average Bonchev–Trinajstić information content (AvgIpc) is 3.26. The van der Waals surface area contributed by atoms with E-state index in [-0.39, 0.29) is 19.0 Å². The summed E-state index contributed by atoms with van der Waals surface area (Å²) in [5, 5.41) is 13.0. The summed E-state index contributed by atoms with van der Waals surface area (Å²) in [6, 6.07) is 10.8. The fraction of sp³-hybridized carbons (Fsp3) is 0.364. The molecular formula is C22H23FN2O4. The van der Waals surface area contributed by atoms with Crippen molar-refractivity contribution in [3.63, 3.8) is 0 Å². The third kappa shape index (κ3) is 3.70. The Morgan fingerprint density at radius 2 is 1.90 bits per heavy atom. The van der Waals surface area contributed by atoms with Crippen molar-refractivity contribution in [1.82, 2.24) is 10.2 Å². The lowest BCUT2D eigenvalue weighted by Gasteiger charge is -2.24. The summed E-state index contributed by atoms with van der Waals surface area (Å²) < 4.78 is 18.3. The van der Waals surface area contributed by atoms with Crippen molar-refractivity contribution in [2.24, 2.45) is 0 Å². The number of fused-ring (bicyclic) bond motifs is 1. The Bertz CT molecular complexity index is 946. The third-order valence-corrected chi connectivity index (χ3v) is 5.60. The number of hydrogen-bond acceptors (Lipinski definition) is 4. The van der Waals surface area contributed by atoms with E-state index in [9.17, 15) is 19.1 Å². The maximum absolute atomic E-state index is 13.0. The highest BCUT2D eigenvalue weighted by atomic mass is 19.1. The minimum Gasteiger partial charge on any atom is -0.491 e. The first-order chi connectivity index (χ1) is 13.9. The maximum atomic E-state index is 13.0. The van der Waals surface area contributed by atoms with Crippen LogP contribution in [0.25, 0.3) is 0 Å². The number of imide groups is 1. The average molecular weight is 398 g/mol. The quantitative estimate of drug-likeness (QED) is 0.733. The molecular weight excluding hydrogens is 375 g/mol. The van der Waals surface area contributed by atoms with Gasteiger partial charge >= 0.3 is 6.03 Å². The normalized spacial score (nSPS) is 21.8. The summed E-state index contributed by atoms with van der Waals surface area (Å²) in [4.78, 5) is 26.5. The van der Waals surface area contributed by atoms with E-state index in [1.807, 2.05) is 18.2 Å². The van der Waals surface area contributed by atoms with Crippen molar-refractivity contribution in [1.29, 1.82) is 0 Å². The molecule has 1 fully saturated rings. The SMILES string of the molecule is C[C@]1(c2ccc3c(c2)CCC3)NC(=O)N(C[C@@H](O)COc2ccc(F)cc2)C1=O. The van der Waals surface area contributed by atoms with Crippen LogP contribution < -0.4 is 10.1 Å². The fourth-order valence-electron chi connectivity index (χ4n) is 3.93. The number of benzene rings is 2. The van der Waals surface area contributed by atoms with Crippen LogP contribution in [0, 0.1) is 5.82 Å². The molecule has 2 aromatic carbocycles. The zero-order chi connectivity index (χ0) is 20.6. The first-order valence-corrected chi connectivity index (χ1v) is 9.69. The largest absolute Gasteiger partial charge is 0.491 e. The number of rotatable bonds is 6. The van der Waals surface area contributed by atoms with Gasteiger partial charge in [-0.05, 0) is 67.1 Å². The van der Waals surface area contributed by atoms with Gasteiger partial charge in [-0.2, -0.15) is 0 Å². The van der Waals surface area contributed by atoms with Crippen molar-refractivity contribution < 1.29 is 23.8 Å². The number of carbonyl (C=O) groups is 2. The molecule has 0 saturated carbocycles. The number of nitrogens with zero attached hydrogens (tertiary/aromatic N) is 1. The van der Waals surface area contributed by atoms with Crippen molar-refractivity contribution in [3.8, 4) is 5.75 Å². The number of urea groups is 1. The fourth-order valence-corrected chi connectivity index (χ4v) is 3.93. The number of hydrogen-bond donors (Lipinski definition) is 2. The van der Waals surface area contributed by atoms with Crippen LogP contribution in [0.2, 0.25) is 0 Å². The van der Waals surface area contributed by atoms with Crippen LogP contribution in [-0.2, 0) is 23.2 Å². The van der Waals surface area contributed by atoms with E-state index >= 15 is 0 Å². The molecule has 6 nitrogen and oxygen atoms in total. The molecule has 1 aliphatic heterocycles. The van der Waals surface area contributed by atoms with Gasteiger partial charge in [-0.25, -0.2) is 9.18 Å². The topological polar surface area (TPSA) is 78.9 Å². The number of aryl methyl sites for hydroxylation is 2. The molecule has 152 valence electrons. The lowest BCUT2D eigenvalue weighted by Crippen LogP contribution is -2.42. The predicted molar refractivity (Wildman–Crippen MR) is 104 cm³/mol. The van der Waals surface area contributed by atoms with Gasteiger partial charge < -0.3 is 15.2 Å². The van der Waals surface area contributed by atoms with Crippen LogP contribution in [-0.4, -0.2) is 41.2 Å². The number of β-amino-alcohol motifs (C(OH)–C–C–N with tert-alkyl or cyclic N) is 1. The molecule has 1 saturated heterocycles. The molecule has 0 radical (unpaired) electrons. The lowest BCUT2D eigenvalue weighted by molar-refractivity contribution is -0.132. The zero-order valence-electron chi connectivity index (χ0n) is 16.2. The molecule has 29 heavy (non-hydrogen) atoms. The Morgan fingerprint density at radius 3 is 2.66 bits per heavy atom. The van der Waals surface area contributed by atoms with E-state index < -0.39 is 23.6 Å². The summed E-state index contributed by atoms with van der Waals surface area (Å²) in [6.07, 6.45) is 2.04. The summed E-state index contributed by atoms with van der Waals surface area (Å²) in [5.41, 5.74) is 2.10. The Kier molecular flexibility index (Phi) is 5.00. The number of nitrogens with one attached hydrogen (secondary N) is 1. The number of aliphatic hydroxyl groups excluding tert-OH is 1. The zero-order valence-corrected chi connectivity index (χ0v) is 16.2. The highest BCUT2D eigenvalue weighted by Gasteiger charge is 2.49. The van der Waals surface area contributed by atoms with Crippen LogP contribution in [0.15, 0.2) is 42.5 Å². The molecule has 0 unspecified atom stereocenters. The van der Waals surface area contributed by atoms with Crippen molar-refractivity contribution in [2.75, 3.05) is 13.2 Å². The van der Waals surface area contributed by atoms with Gasteiger partial charge in [0.1, 0.15) is 29.8 Å². The summed E-state index contributed by atoms with van der Waals surface area (Å²) in [5.74, 6) is -0.394. The van der Waals surface area contributed by atoms with Gasteiger partial charge in [-0.1, -0.05) is 18.2 Å². The summed E-state index contributed by atoms with van der Waals surface area (Å²) in [7, 11) is 0. The molecule has 0 bridgehead atoms. The van der Waals surface area contributed by atoms with E-state index in [0.717, 1.165) is 29.7 Å². The molecule has 3 amide bonds. The van der Waals surface area contributed by atoms with E-state index in [0.29, 0.717) is 5.75 Å². The second-order valence-electron chi connectivity index (χ2n) is 7.73. The first-order valence-electron chi connectivity index (χ1n) is 9.69. The number of aliphatic hydroxyl groups is 1. The summed E-state index contributed by atoms with van der Waals surface area (Å²) >= 11 is 0. The Hall–Kier alpha value is -2.93.